The van der Waals surface area contributed by atoms with Crippen LogP contribution in [-0.4, -0.2) is 15.0 Å². The van der Waals surface area contributed by atoms with E-state index in [0.29, 0.717) is 19.4 Å². The lowest BCUT2D eigenvalue weighted by Gasteiger charge is -2.16. The molecular weight excluding hydrogens is 352 g/mol. The van der Waals surface area contributed by atoms with Crippen LogP contribution in [0.5, 0.6) is 0 Å². The van der Waals surface area contributed by atoms with Gasteiger partial charge >= 0.3 is 5.69 Å². The lowest BCUT2D eigenvalue weighted by atomic mass is 10.3. The van der Waals surface area contributed by atoms with Gasteiger partial charge in [-0.2, -0.15) is 0 Å². The molecule has 0 aromatic carbocycles. The van der Waals surface area contributed by atoms with Gasteiger partial charge in [0, 0.05) is 24.4 Å². The molecule has 0 atom stereocenters. The molecule has 0 spiro atoms. The molecule has 2 aromatic rings. The molecule has 0 unspecified atom stereocenters. The monoisotopic (exact) mass is 376 g/mol. The van der Waals surface area contributed by atoms with Crippen LogP contribution in [0.1, 0.15) is 38.0 Å². The van der Waals surface area contributed by atoms with Gasteiger partial charge in [0.1, 0.15) is 11.5 Å². The van der Waals surface area contributed by atoms with Crippen molar-refractivity contribution in [3.05, 3.63) is 49.3 Å². The van der Waals surface area contributed by atoms with E-state index < -0.39 is 11.2 Å². The maximum atomic E-state index is 12.6. The largest absolute Gasteiger partial charge is 0.383 e. The quantitative estimate of drug-likeness (QED) is 0.739. The van der Waals surface area contributed by atoms with Crippen LogP contribution in [0.15, 0.2) is 33.2 Å². The van der Waals surface area contributed by atoms with Crippen molar-refractivity contribution in [2.45, 2.75) is 46.2 Å². The third-order valence-corrected chi connectivity index (χ3v) is 4.59. The van der Waals surface area contributed by atoms with Crippen LogP contribution in [0.25, 0.3) is 6.08 Å². The van der Waals surface area contributed by atoms with Crippen molar-refractivity contribution in [1.29, 1.82) is 0 Å². The van der Waals surface area contributed by atoms with Crippen molar-refractivity contribution in [3.8, 4) is 0 Å². The SMILES string of the molecule is CCCn1c(N)c(NC(=O)C/C=C/c2cccs2)c(=O)n(CCC)c1=O. The zero-order valence-electron chi connectivity index (χ0n) is 15.0. The fourth-order valence-electron chi connectivity index (χ4n) is 2.55. The first-order valence-corrected chi connectivity index (χ1v) is 9.50. The third-order valence-electron chi connectivity index (χ3n) is 3.76. The summed E-state index contributed by atoms with van der Waals surface area (Å²) in [6.45, 7) is 4.45. The van der Waals surface area contributed by atoms with E-state index in [2.05, 4.69) is 5.32 Å². The van der Waals surface area contributed by atoms with Gasteiger partial charge < -0.3 is 11.1 Å². The second kappa shape index (κ2) is 9.19. The Bertz CT molecular complexity index is 894. The topological polar surface area (TPSA) is 99.1 Å². The lowest BCUT2D eigenvalue weighted by molar-refractivity contribution is -0.115. The Hall–Kier alpha value is -2.61. The van der Waals surface area contributed by atoms with Gasteiger partial charge in [-0.25, -0.2) is 4.79 Å². The Labute approximate surface area is 155 Å². The lowest BCUT2D eigenvalue weighted by Crippen LogP contribution is -2.42. The molecule has 0 bridgehead atoms. The van der Waals surface area contributed by atoms with Crippen molar-refractivity contribution >= 4 is 34.8 Å². The van der Waals surface area contributed by atoms with Crippen LogP contribution >= 0.6 is 11.3 Å². The predicted octanol–water partition coefficient (Wildman–Crippen LogP) is 2.52. The Balaban J connectivity index is 2.28. The number of amides is 1. The molecule has 1 amide bonds. The Morgan fingerprint density at radius 2 is 1.92 bits per heavy atom. The van der Waals surface area contributed by atoms with Gasteiger partial charge in [0.15, 0.2) is 0 Å². The maximum absolute atomic E-state index is 12.6. The standard InChI is InChI=1S/C18H24N4O3S/c1-3-10-21-16(19)15(17(24)22(11-4-2)18(21)25)20-14(23)9-5-7-13-8-6-12-26-13/h5-8,12H,3-4,9-11,19H2,1-2H3,(H,20,23)/b7-5+. The highest BCUT2D eigenvalue weighted by atomic mass is 32.1. The van der Waals surface area contributed by atoms with Gasteiger partial charge in [0.05, 0.1) is 0 Å². The Kier molecular flexibility index (Phi) is 6.97. The molecule has 0 aliphatic heterocycles. The van der Waals surface area contributed by atoms with Gasteiger partial charge in [-0.1, -0.05) is 26.0 Å². The molecule has 2 heterocycles. The van der Waals surface area contributed by atoms with Gasteiger partial charge in [-0.15, -0.1) is 11.3 Å². The third kappa shape index (κ3) is 4.51. The number of anilines is 2. The second-order valence-electron chi connectivity index (χ2n) is 5.82. The fourth-order valence-corrected chi connectivity index (χ4v) is 3.20. The first kappa shape index (κ1) is 19.7. The summed E-state index contributed by atoms with van der Waals surface area (Å²) in [6, 6.07) is 3.87. The zero-order valence-corrected chi connectivity index (χ0v) is 15.8. The summed E-state index contributed by atoms with van der Waals surface area (Å²) in [4.78, 5) is 38.3. The smallest absolute Gasteiger partial charge is 0.332 e. The summed E-state index contributed by atoms with van der Waals surface area (Å²) in [5.74, 6) is -0.351. The Morgan fingerprint density at radius 1 is 1.23 bits per heavy atom. The number of rotatable bonds is 8. The van der Waals surface area contributed by atoms with E-state index in [4.69, 9.17) is 5.73 Å². The average Bonchev–Trinajstić information content (AvgIpc) is 3.13. The molecular formula is C18H24N4O3S. The number of hydrogen-bond acceptors (Lipinski definition) is 5. The Morgan fingerprint density at radius 3 is 2.54 bits per heavy atom. The molecule has 2 aromatic heterocycles. The minimum absolute atomic E-state index is 0.00443. The minimum Gasteiger partial charge on any atom is -0.383 e. The highest BCUT2D eigenvalue weighted by Crippen LogP contribution is 2.13. The van der Waals surface area contributed by atoms with Crippen molar-refractivity contribution in [3.63, 3.8) is 0 Å². The first-order valence-electron chi connectivity index (χ1n) is 8.62. The predicted molar refractivity (Wildman–Crippen MR) is 107 cm³/mol. The van der Waals surface area contributed by atoms with Crippen molar-refractivity contribution in [2.24, 2.45) is 0 Å². The highest BCUT2D eigenvalue weighted by Gasteiger charge is 2.18. The first-order chi connectivity index (χ1) is 12.5. The number of nitrogens with two attached hydrogens (primary N) is 1. The van der Waals surface area contributed by atoms with Gasteiger partial charge in [0.2, 0.25) is 5.91 Å². The van der Waals surface area contributed by atoms with E-state index in [1.165, 1.54) is 4.57 Å². The molecule has 0 fully saturated rings. The maximum Gasteiger partial charge on any atom is 0.332 e. The molecule has 0 aliphatic rings. The second-order valence-corrected chi connectivity index (χ2v) is 6.80. The van der Waals surface area contributed by atoms with Crippen LogP contribution in [0, 0.1) is 0 Å². The molecule has 26 heavy (non-hydrogen) atoms. The van der Waals surface area contributed by atoms with Crippen LogP contribution in [0.4, 0.5) is 11.5 Å². The zero-order chi connectivity index (χ0) is 19.1. The van der Waals surface area contributed by atoms with Crippen molar-refractivity contribution in [1.82, 2.24) is 9.13 Å². The fraction of sp³-hybridized carbons (Fsp3) is 0.389. The molecule has 0 radical (unpaired) electrons. The molecule has 3 N–H and O–H groups in total. The summed E-state index contributed by atoms with van der Waals surface area (Å²) in [6.07, 6.45) is 5.00. The minimum atomic E-state index is -0.558. The summed E-state index contributed by atoms with van der Waals surface area (Å²) in [7, 11) is 0. The number of carbonyl (C=O) groups is 1. The molecule has 0 saturated carbocycles. The number of nitrogens with one attached hydrogen (secondary N) is 1. The van der Waals surface area contributed by atoms with Crippen LogP contribution in [-0.2, 0) is 17.9 Å². The van der Waals surface area contributed by atoms with E-state index in [0.717, 1.165) is 9.44 Å². The molecule has 2 rings (SSSR count). The normalized spacial score (nSPS) is 11.2. The van der Waals surface area contributed by atoms with Crippen LogP contribution in [0.3, 0.4) is 0 Å². The van der Waals surface area contributed by atoms with Crippen molar-refractivity contribution < 1.29 is 4.79 Å². The number of aromatic nitrogens is 2. The molecule has 0 aliphatic carbocycles. The van der Waals surface area contributed by atoms with E-state index >= 15 is 0 Å². The summed E-state index contributed by atoms with van der Waals surface area (Å²) >= 11 is 1.57. The average molecular weight is 376 g/mol. The molecule has 7 nitrogen and oxygen atoms in total. The van der Waals surface area contributed by atoms with E-state index in [-0.39, 0.29) is 30.4 Å². The number of nitrogens with zero attached hydrogens (tertiary/aromatic N) is 2. The molecule has 0 saturated heterocycles. The highest BCUT2D eigenvalue weighted by molar-refractivity contribution is 7.10. The van der Waals surface area contributed by atoms with E-state index in [1.807, 2.05) is 37.4 Å². The summed E-state index contributed by atoms with van der Waals surface area (Å²) in [5.41, 5.74) is 4.99. The number of thiophene rings is 1. The molecule has 8 heteroatoms. The number of hydrogen-bond donors (Lipinski definition) is 2. The number of nitrogen functional groups attached to an aromatic ring is 1. The van der Waals surface area contributed by atoms with E-state index in [9.17, 15) is 14.4 Å². The van der Waals surface area contributed by atoms with E-state index in [1.54, 1.807) is 17.4 Å². The molecule has 140 valence electrons. The summed E-state index contributed by atoms with van der Waals surface area (Å²) < 4.78 is 2.47. The van der Waals surface area contributed by atoms with Crippen LogP contribution < -0.4 is 22.3 Å². The van der Waals surface area contributed by atoms with Gasteiger partial charge in [-0.3, -0.25) is 18.7 Å². The summed E-state index contributed by atoms with van der Waals surface area (Å²) in [5, 5.41) is 4.53. The number of carbonyl (C=O) groups excluding carboxylic acids is 1. The van der Waals surface area contributed by atoms with Gasteiger partial charge in [0.25, 0.3) is 5.56 Å². The van der Waals surface area contributed by atoms with Gasteiger partial charge in [-0.05, 0) is 30.4 Å². The van der Waals surface area contributed by atoms with Crippen molar-refractivity contribution in [2.75, 3.05) is 11.1 Å². The van der Waals surface area contributed by atoms with Crippen LogP contribution in [0.2, 0.25) is 0 Å².